The van der Waals surface area contributed by atoms with Crippen LogP contribution >= 0.6 is 0 Å². The number of imidazole rings is 1. The summed E-state index contributed by atoms with van der Waals surface area (Å²) < 4.78 is 0. The highest BCUT2D eigenvalue weighted by Crippen LogP contribution is 2.29. The first-order valence-corrected chi connectivity index (χ1v) is 6.80. The maximum absolute atomic E-state index is 10.6. The molecule has 0 radical (unpaired) electrons. The second kappa shape index (κ2) is 4.66. The van der Waals surface area contributed by atoms with Crippen molar-refractivity contribution in [3.05, 3.63) is 48.0 Å². The van der Waals surface area contributed by atoms with Crippen LogP contribution in [0.5, 0.6) is 0 Å². The second-order valence-electron chi connectivity index (χ2n) is 5.18. The van der Waals surface area contributed by atoms with Gasteiger partial charge in [0.2, 0.25) is 5.95 Å². The highest BCUT2D eigenvalue weighted by atomic mass is 16.1. The minimum absolute atomic E-state index is 0.367. The molecule has 3 aromatic rings. The Labute approximate surface area is 120 Å². The Morgan fingerprint density at radius 2 is 1.95 bits per heavy atom. The van der Waals surface area contributed by atoms with Crippen LogP contribution in [0.2, 0.25) is 0 Å². The molecule has 3 heterocycles. The maximum atomic E-state index is 10.6. The number of anilines is 1. The number of carbonyl (C=O) groups excluding carboxylic acids is 1. The molecule has 0 amide bonds. The van der Waals surface area contributed by atoms with Crippen LogP contribution < -0.4 is 4.90 Å². The van der Waals surface area contributed by atoms with Gasteiger partial charge >= 0.3 is 0 Å². The Morgan fingerprint density at radius 3 is 2.67 bits per heavy atom. The Kier molecular flexibility index (Phi) is 2.67. The van der Waals surface area contributed by atoms with E-state index in [0.29, 0.717) is 17.4 Å². The first kappa shape index (κ1) is 12.0. The molecule has 1 fully saturated rings. The zero-order valence-electron chi connectivity index (χ0n) is 11.2. The fraction of sp³-hybridized carbons (Fsp3) is 0.200. The summed E-state index contributed by atoms with van der Waals surface area (Å²) in [6, 6.07) is 8.03. The van der Waals surface area contributed by atoms with Crippen LogP contribution in [0.3, 0.4) is 0 Å². The summed E-state index contributed by atoms with van der Waals surface area (Å²) in [6.07, 6.45) is 3.84. The fourth-order valence-corrected chi connectivity index (χ4v) is 2.54. The largest absolute Gasteiger partial charge is 0.342 e. The molecule has 1 N–H and O–H groups in total. The van der Waals surface area contributed by atoms with E-state index in [-0.39, 0.29) is 0 Å². The number of hydrogen-bond donors (Lipinski definition) is 1. The number of aromatic amines is 1. The Hall–Kier alpha value is -2.76. The molecule has 0 saturated carbocycles. The molecule has 0 unspecified atom stereocenters. The third-order valence-electron chi connectivity index (χ3n) is 3.75. The predicted octanol–water partition coefficient (Wildman–Crippen LogP) is 1.77. The monoisotopic (exact) mass is 279 g/mol. The van der Waals surface area contributed by atoms with E-state index in [9.17, 15) is 4.79 Å². The number of aldehydes is 1. The average Bonchev–Trinajstić information content (AvgIpc) is 2.90. The molecule has 0 bridgehead atoms. The molecule has 6 heteroatoms. The summed E-state index contributed by atoms with van der Waals surface area (Å²) in [6.45, 7) is 1.67. The van der Waals surface area contributed by atoms with Gasteiger partial charge in [-0.3, -0.25) is 4.79 Å². The van der Waals surface area contributed by atoms with Crippen molar-refractivity contribution in [3.8, 4) is 0 Å². The molecule has 1 aliphatic heterocycles. The number of benzene rings is 1. The van der Waals surface area contributed by atoms with Crippen molar-refractivity contribution in [1.29, 1.82) is 0 Å². The lowest BCUT2D eigenvalue weighted by Gasteiger charge is -2.38. The summed E-state index contributed by atoms with van der Waals surface area (Å²) in [5.41, 5.74) is 2.56. The van der Waals surface area contributed by atoms with Gasteiger partial charge in [-0.05, 0) is 12.1 Å². The highest BCUT2D eigenvalue weighted by Gasteiger charge is 2.32. The van der Waals surface area contributed by atoms with Crippen molar-refractivity contribution in [2.75, 3.05) is 18.0 Å². The molecule has 4 rings (SSSR count). The van der Waals surface area contributed by atoms with E-state index in [1.54, 1.807) is 12.4 Å². The SMILES string of the molecule is O=Cc1cnc(N2CC(c3nc4ccccc4[nH]3)C2)nc1. The summed E-state index contributed by atoms with van der Waals surface area (Å²) in [4.78, 5) is 29.0. The molecule has 6 nitrogen and oxygen atoms in total. The zero-order valence-corrected chi connectivity index (χ0v) is 11.2. The van der Waals surface area contributed by atoms with Crippen LogP contribution in [0.1, 0.15) is 22.1 Å². The molecule has 1 aliphatic rings. The van der Waals surface area contributed by atoms with E-state index in [1.807, 2.05) is 24.3 Å². The molecule has 1 saturated heterocycles. The van der Waals surface area contributed by atoms with Crippen molar-refractivity contribution in [1.82, 2.24) is 19.9 Å². The lowest BCUT2D eigenvalue weighted by molar-refractivity contribution is 0.112. The number of hydrogen-bond acceptors (Lipinski definition) is 5. The van der Waals surface area contributed by atoms with Crippen molar-refractivity contribution in [3.63, 3.8) is 0 Å². The summed E-state index contributed by atoms with van der Waals surface area (Å²) in [5, 5.41) is 0. The Bertz CT molecular complexity index is 756. The van der Waals surface area contributed by atoms with Crippen molar-refractivity contribution in [2.45, 2.75) is 5.92 Å². The van der Waals surface area contributed by atoms with Crippen LogP contribution in [-0.4, -0.2) is 39.3 Å². The number of rotatable bonds is 3. The number of fused-ring (bicyclic) bond motifs is 1. The Balaban J connectivity index is 1.49. The first-order chi connectivity index (χ1) is 10.3. The lowest BCUT2D eigenvalue weighted by Crippen LogP contribution is -2.46. The molecule has 0 aliphatic carbocycles. The number of para-hydroxylation sites is 2. The second-order valence-corrected chi connectivity index (χ2v) is 5.18. The van der Waals surface area contributed by atoms with Gasteiger partial charge in [-0.15, -0.1) is 0 Å². The number of carbonyl (C=O) groups is 1. The van der Waals surface area contributed by atoms with Gasteiger partial charge in [0.15, 0.2) is 6.29 Å². The number of nitrogens with zero attached hydrogens (tertiary/aromatic N) is 4. The minimum atomic E-state index is 0.367. The third kappa shape index (κ3) is 2.05. The number of H-pyrrole nitrogens is 1. The predicted molar refractivity (Wildman–Crippen MR) is 78.5 cm³/mol. The van der Waals surface area contributed by atoms with Gasteiger partial charge in [-0.2, -0.15) is 0 Å². The summed E-state index contributed by atoms with van der Waals surface area (Å²) in [5.74, 6) is 2.04. The van der Waals surface area contributed by atoms with Crippen LogP contribution in [0, 0.1) is 0 Å². The average molecular weight is 279 g/mol. The third-order valence-corrected chi connectivity index (χ3v) is 3.75. The van der Waals surface area contributed by atoms with E-state index < -0.39 is 0 Å². The van der Waals surface area contributed by atoms with E-state index >= 15 is 0 Å². The van der Waals surface area contributed by atoms with E-state index in [4.69, 9.17) is 0 Å². The molecule has 21 heavy (non-hydrogen) atoms. The maximum Gasteiger partial charge on any atom is 0.225 e. The summed E-state index contributed by atoms with van der Waals surface area (Å²) >= 11 is 0. The van der Waals surface area contributed by atoms with Gasteiger partial charge in [0, 0.05) is 25.5 Å². The van der Waals surface area contributed by atoms with Gasteiger partial charge in [0.05, 0.1) is 22.5 Å². The van der Waals surface area contributed by atoms with Crippen LogP contribution in [0.4, 0.5) is 5.95 Å². The highest BCUT2D eigenvalue weighted by molar-refractivity contribution is 5.75. The van der Waals surface area contributed by atoms with Crippen LogP contribution in [0.15, 0.2) is 36.7 Å². The van der Waals surface area contributed by atoms with E-state index in [1.165, 1.54) is 0 Å². The van der Waals surface area contributed by atoms with Gasteiger partial charge < -0.3 is 9.88 Å². The fourth-order valence-electron chi connectivity index (χ4n) is 2.54. The molecule has 104 valence electrons. The first-order valence-electron chi connectivity index (χ1n) is 6.80. The minimum Gasteiger partial charge on any atom is -0.342 e. The molecular weight excluding hydrogens is 266 g/mol. The molecule has 0 spiro atoms. The lowest BCUT2D eigenvalue weighted by atomic mass is 10.0. The van der Waals surface area contributed by atoms with Crippen molar-refractivity contribution in [2.24, 2.45) is 0 Å². The number of aromatic nitrogens is 4. The normalized spacial score (nSPS) is 15.1. The standard InChI is InChI=1S/C15H13N5O/c21-9-10-5-16-15(17-6-10)20-7-11(8-20)14-18-12-3-1-2-4-13(12)19-14/h1-6,9,11H,7-8H2,(H,18,19). The molecule has 1 aromatic carbocycles. The van der Waals surface area contributed by atoms with Gasteiger partial charge in [-0.1, -0.05) is 12.1 Å². The van der Waals surface area contributed by atoms with Crippen LogP contribution in [-0.2, 0) is 0 Å². The molecular formula is C15H13N5O. The van der Waals surface area contributed by atoms with Crippen molar-refractivity contribution < 1.29 is 4.79 Å². The molecule has 0 atom stereocenters. The zero-order chi connectivity index (χ0) is 14.2. The van der Waals surface area contributed by atoms with E-state index in [0.717, 1.165) is 36.2 Å². The quantitative estimate of drug-likeness (QED) is 0.739. The van der Waals surface area contributed by atoms with Gasteiger partial charge in [-0.25, -0.2) is 15.0 Å². The smallest absolute Gasteiger partial charge is 0.225 e. The van der Waals surface area contributed by atoms with Crippen molar-refractivity contribution >= 4 is 23.3 Å². The van der Waals surface area contributed by atoms with Gasteiger partial charge in [0.25, 0.3) is 0 Å². The van der Waals surface area contributed by atoms with Crippen LogP contribution in [0.25, 0.3) is 11.0 Å². The topological polar surface area (TPSA) is 74.8 Å². The Morgan fingerprint density at radius 1 is 1.19 bits per heavy atom. The number of nitrogens with one attached hydrogen (secondary N) is 1. The van der Waals surface area contributed by atoms with E-state index in [2.05, 4.69) is 24.8 Å². The van der Waals surface area contributed by atoms with Gasteiger partial charge in [0.1, 0.15) is 5.82 Å². The summed E-state index contributed by atoms with van der Waals surface area (Å²) in [7, 11) is 0. The molecule has 2 aromatic heterocycles.